The van der Waals surface area contributed by atoms with Crippen LogP contribution in [0.15, 0.2) is 5.38 Å². The summed E-state index contributed by atoms with van der Waals surface area (Å²) in [5, 5.41) is 5.06. The Morgan fingerprint density at radius 3 is 2.70 bits per heavy atom. The first-order valence-electron chi connectivity index (χ1n) is 7.13. The molecule has 1 aromatic rings. The van der Waals surface area contributed by atoms with Gasteiger partial charge >= 0.3 is 11.9 Å². The molecular formula is C14H20BN2O5S. The SMILES string of the molecule is COC(=O)c1csc([C@@H](C[C@@H](N[B]C=O)C(C)C)OC(C)=O)n1. The summed E-state index contributed by atoms with van der Waals surface area (Å²) in [5.74, 6) is -0.780. The fourth-order valence-electron chi connectivity index (χ4n) is 1.96. The Kier molecular flexibility index (Phi) is 7.90. The third-order valence-corrected chi connectivity index (χ3v) is 4.09. The maximum Gasteiger partial charge on any atom is 0.357 e. The van der Waals surface area contributed by atoms with Crippen molar-refractivity contribution in [3.05, 3.63) is 16.1 Å². The lowest BCUT2D eigenvalue weighted by Gasteiger charge is -2.25. The van der Waals surface area contributed by atoms with Crippen LogP contribution in [0.25, 0.3) is 0 Å². The van der Waals surface area contributed by atoms with Crippen molar-refractivity contribution in [3.8, 4) is 0 Å². The Balaban J connectivity index is 2.94. The van der Waals surface area contributed by atoms with Gasteiger partial charge in [0.2, 0.25) is 0 Å². The lowest BCUT2D eigenvalue weighted by Crippen LogP contribution is -2.39. The van der Waals surface area contributed by atoms with Gasteiger partial charge in [-0.3, -0.25) is 4.79 Å². The van der Waals surface area contributed by atoms with Gasteiger partial charge in [0, 0.05) is 24.8 Å². The van der Waals surface area contributed by atoms with E-state index in [1.165, 1.54) is 32.8 Å². The molecule has 0 aliphatic carbocycles. The van der Waals surface area contributed by atoms with Crippen LogP contribution >= 0.6 is 11.3 Å². The number of esters is 2. The van der Waals surface area contributed by atoms with Crippen LogP contribution in [0.2, 0.25) is 0 Å². The molecule has 0 bridgehead atoms. The van der Waals surface area contributed by atoms with Gasteiger partial charge in [-0.2, -0.15) is 0 Å². The summed E-state index contributed by atoms with van der Waals surface area (Å²) in [7, 11) is 2.59. The number of thiazole rings is 1. The number of carbonyl (C=O) groups excluding carboxylic acids is 3. The third kappa shape index (κ3) is 6.11. The standard InChI is InChI=1S/C14H20BN2O5S/c1-8(2)10(17-15-7-18)5-12(22-9(3)19)13-16-11(6-23-13)14(20)21-4/h6-8,10,12,17H,5H2,1-4H3/t10-,12-/m1/s1. The molecule has 0 saturated carbocycles. The first-order chi connectivity index (χ1) is 10.9. The van der Waals surface area contributed by atoms with Gasteiger partial charge in [-0.25, -0.2) is 9.78 Å². The average molecular weight is 339 g/mol. The van der Waals surface area contributed by atoms with Crippen LogP contribution in [-0.4, -0.2) is 43.7 Å². The molecule has 1 aromatic heterocycles. The lowest BCUT2D eigenvalue weighted by atomic mass is 9.89. The van der Waals surface area contributed by atoms with Crippen molar-refractivity contribution in [2.24, 2.45) is 5.92 Å². The van der Waals surface area contributed by atoms with E-state index in [2.05, 4.69) is 14.9 Å². The highest BCUT2D eigenvalue weighted by molar-refractivity contribution is 7.09. The molecule has 0 fully saturated rings. The summed E-state index contributed by atoms with van der Waals surface area (Å²) in [5.41, 5.74) is 0.179. The molecule has 0 aliphatic heterocycles. The van der Waals surface area contributed by atoms with Gasteiger partial charge in [-0.1, -0.05) is 13.8 Å². The first-order valence-corrected chi connectivity index (χ1v) is 8.01. The molecule has 7 nitrogen and oxygen atoms in total. The number of nitrogens with zero attached hydrogens (tertiary/aromatic N) is 1. The summed E-state index contributed by atoms with van der Waals surface area (Å²) < 4.78 is 9.96. The molecule has 1 heterocycles. The number of hydrogen-bond donors (Lipinski definition) is 1. The molecule has 2 atom stereocenters. The number of aromatic nitrogens is 1. The Bertz CT molecular complexity index is 549. The zero-order chi connectivity index (χ0) is 17.4. The zero-order valence-electron chi connectivity index (χ0n) is 13.6. The average Bonchev–Trinajstić information content (AvgIpc) is 2.98. The molecule has 0 spiro atoms. The predicted molar refractivity (Wildman–Crippen MR) is 86.8 cm³/mol. The fourth-order valence-corrected chi connectivity index (χ4v) is 2.79. The largest absolute Gasteiger partial charge is 0.464 e. The molecule has 0 saturated heterocycles. The maximum atomic E-state index is 11.5. The highest BCUT2D eigenvalue weighted by atomic mass is 32.1. The van der Waals surface area contributed by atoms with E-state index in [9.17, 15) is 14.4 Å². The Labute approximate surface area is 140 Å². The molecule has 0 amide bonds. The van der Waals surface area contributed by atoms with Gasteiger partial charge in [-0.15, -0.1) is 11.3 Å². The fraction of sp³-hybridized carbons (Fsp3) is 0.571. The minimum atomic E-state index is -0.601. The third-order valence-electron chi connectivity index (χ3n) is 3.15. The summed E-state index contributed by atoms with van der Waals surface area (Å²) in [6.07, 6.45) is 0.487. The molecule has 125 valence electrons. The van der Waals surface area contributed by atoms with Crippen LogP contribution in [0.5, 0.6) is 0 Å². The van der Waals surface area contributed by atoms with Crippen LogP contribution in [0, 0.1) is 5.92 Å². The van der Waals surface area contributed by atoms with Crippen molar-refractivity contribution in [1.82, 2.24) is 10.2 Å². The highest BCUT2D eigenvalue weighted by Gasteiger charge is 2.26. The van der Waals surface area contributed by atoms with Crippen LogP contribution < -0.4 is 5.23 Å². The van der Waals surface area contributed by atoms with Crippen LogP contribution in [0.4, 0.5) is 0 Å². The Morgan fingerprint density at radius 1 is 1.48 bits per heavy atom. The summed E-state index contributed by atoms with van der Waals surface area (Å²) >= 11 is 1.22. The van der Waals surface area contributed by atoms with E-state index in [4.69, 9.17) is 4.74 Å². The molecule has 0 unspecified atom stereocenters. The number of rotatable bonds is 9. The van der Waals surface area contributed by atoms with E-state index in [0.29, 0.717) is 17.6 Å². The van der Waals surface area contributed by atoms with Crippen molar-refractivity contribution >= 4 is 36.9 Å². The molecule has 0 aromatic carbocycles. The Hall–Kier alpha value is -1.74. The summed E-state index contributed by atoms with van der Waals surface area (Å²) in [4.78, 5) is 37.6. The number of nitrogens with one attached hydrogen (secondary N) is 1. The maximum absolute atomic E-state index is 11.5. The second-order valence-electron chi connectivity index (χ2n) is 5.22. The van der Waals surface area contributed by atoms with Gasteiger partial charge in [-0.05, 0) is 5.92 Å². The highest BCUT2D eigenvalue weighted by Crippen LogP contribution is 2.28. The minimum absolute atomic E-state index is 0.0879. The topological polar surface area (TPSA) is 94.6 Å². The molecule has 0 aliphatic rings. The van der Waals surface area contributed by atoms with E-state index in [-0.39, 0.29) is 17.7 Å². The summed E-state index contributed by atoms with van der Waals surface area (Å²) in [6, 6.07) is -0.0879. The monoisotopic (exact) mass is 339 g/mol. The predicted octanol–water partition coefficient (Wildman–Crippen LogP) is 1.35. The summed E-state index contributed by atoms with van der Waals surface area (Å²) in [6.45, 7) is 5.29. The molecule has 23 heavy (non-hydrogen) atoms. The number of hydrogen-bond acceptors (Lipinski definition) is 8. The van der Waals surface area contributed by atoms with E-state index in [1.807, 2.05) is 13.8 Å². The van der Waals surface area contributed by atoms with Gasteiger partial charge in [0.25, 0.3) is 7.41 Å². The van der Waals surface area contributed by atoms with Crippen molar-refractivity contribution < 1.29 is 23.9 Å². The van der Waals surface area contributed by atoms with Gasteiger partial charge < -0.3 is 19.5 Å². The minimum Gasteiger partial charge on any atom is -0.464 e. The van der Waals surface area contributed by atoms with Crippen molar-refractivity contribution in [3.63, 3.8) is 0 Å². The van der Waals surface area contributed by atoms with E-state index >= 15 is 0 Å². The molecule has 1 N–H and O–H groups in total. The first kappa shape index (κ1) is 19.3. The number of carbonyl (C=O) groups is 3. The van der Waals surface area contributed by atoms with Crippen LogP contribution in [0.3, 0.4) is 0 Å². The molecule has 9 heteroatoms. The van der Waals surface area contributed by atoms with Crippen molar-refractivity contribution in [2.45, 2.75) is 39.3 Å². The van der Waals surface area contributed by atoms with Crippen LogP contribution in [0.1, 0.15) is 48.8 Å². The molecule has 1 rings (SSSR count). The lowest BCUT2D eigenvalue weighted by molar-refractivity contribution is -0.147. The number of methoxy groups -OCH3 is 1. The quantitative estimate of drug-likeness (QED) is 0.412. The zero-order valence-corrected chi connectivity index (χ0v) is 14.4. The second kappa shape index (κ2) is 9.41. The molecular weight excluding hydrogens is 319 g/mol. The van der Waals surface area contributed by atoms with Crippen molar-refractivity contribution in [1.29, 1.82) is 0 Å². The van der Waals surface area contributed by atoms with E-state index in [0.717, 1.165) is 0 Å². The van der Waals surface area contributed by atoms with Gasteiger partial charge in [0.05, 0.1) is 13.3 Å². The van der Waals surface area contributed by atoms with E-state index in [1.54, 1.807) is 5.38 Å². The Morgan fingerprint density at radius 2 is 2.17 bits per heavy atom. The van der Waals surface area contributed by atoms with Gasteiger partial charge in [0.15, 0.2) is 11.8 Å². The smallest absolute Gasteiger partial charge is 0.357 e. The number of ether oxygens (including phenoxy) is 2. The van der Waals surface area contributed by atoms with Crippen LogP contribution in [-0.2, 0) is 19.1 Å². The second-order valence-corrected chi connectivity index (χ2v) is 6.11. The van der Waals surface area contributed by atoms with Crippen molar-refractivity contribution in [2.75, 3.05) is 7.11 Å². The normalized spacial score (nSPS) is 13.3. The van der Waals surface area contributed by atoms with E-state index < -0.39 is 18.0 Å². The molecule has 1 radical (unpaired) electrons. The van der Waals surface area contributed by atoms with Gasteiger partial charge in [0.1, 0.15) is 5.01 Å².